The molecule has 0 radical (unpaired) electrons. The second-order valence-corrected chi connectivity index (χ2v) is 8.11. The van der Waals surface area contributed by atoms with Gasteiger partial charge in [-0.05, 0) is 37.3 Å². The van der Waals surface area contributed by atoms with Crippen LogP contribution in [0.15, 0.2) is 42.5 Å². The molecular formula is C22H19Cl2N3O6. The molecule has 0 aromatic heterocycles. The number of Topliss-reactive ketones (excluding diaryl/α,β-unsaturated/α-hetero) is 1. The molecule has 2 aromatic carbocycles. The summed E-state index contributed by atoms with van der Waals surface area (Å²) in [6.07, 6.45) is -0.185. The highest BCUT2D eigenvalue weighted by molar-refractivity contribution is 6.36. The molecule has 2 N–H and O–H groups in total. The minimum atomic E-state index is -0.854. The molecule has 1 aliphatic heterocycles. The summed E-state index contributed by atoms with van der Waals surface area (Å²) >= 11 is 11.8. The number of hydrogen-bond donors (Lipinski definition) is 2. The number of nitrogens with zero attached hydrogens (tertiary/aromatic N) is 1. The number of carbonyl (C=O) groups excluding carboxylic acids is 5. The molecule has 1 atom stereocenters. The summed E-state index contributed by atoms with van der Waals surface area (Å²) in [6.45, 7) is 0.721. The summed E-state index contributed by atoms with van der Waals surface area (Å²) in [5, 5.41) is 4.00. The van der Waals surface area contributed by atoms with E-state index in [1.54, 1.807) is 18.2 Å². The van der Waals surface area contributed by atoms with Crippen LogP contribution in [0.4, 0.5) is 5.69 Å². The standard InChI is InChI=1S/C22H19Cl2N3O6/c1-12(28)13-3-2-4-16(7-13)25-19(29)11-33-22(32)14-8-20(30)27(10-14)26-21(31)17-6-5-15(23)9-18(17)24/h2-7,9,14H,8,10-11H2,1H3,(H,25,29)(H,26,31)/t14-/m1/s1. The quantitative estimate of drug-likeness (QED) is 0.453. The third-order valence-electron chi connectivity index (χ3n) is 4.77. The number of anilines is 1. The molecule has 33 heavy (non-hydrogen) atoms. The molecule has 1 saturated heterocycles. The molecule has 0 saturated carbocycles. The molecule has 11 heteroatoms. The van der Waals surface area contributed by atoms with E-state index in [1.807, 2.05) is 0 Å². The van der Waals surface area contributed by atoms with Crippen molar-refractivity contribution in [2.24, 2.45) is 5.92 Å². The zero-order valence-corrected chi connectivity index (χ0v) is 18.9. The number of ether oxygens (including phenoxy) is 1. The predicted molar refractivity (Wildman–Crippen MR) is 120 cm³/mol. The molecule has 1 aliphatic rings. The molecule has 172 valence electrons. The van der Waals surface area contributed by atoms with Crippen LogP contribution >= 0.6 is 23.2 Å². The first-order valence-electron chi connectivity index (χ1n) is 9.78. The fourth-order valence-corrected chi connectivity index (χ4v) is 3.59. The fourth-order valence-electron chi connectivity index (χ4n) is 3.10. The van der Waals surface area contributed by atoms with Gasteiger partial charge in [-0.25, -0.2) is 0 Å². The first-order valence-corrected chi connectivity index (χ1v) is 10.5. The normalized spacial score (nSPS) is 15.2. The third kappa shape index (κ3) is 6.30. The van der Waals surface area contributed by atoms with Gasteiger partial charge in [-0.15, -0.1) is 0 Å². The van der Waals surface area contributed by atoms with Gasteiger partial charge < -0.3 is 10.1 Å². The van der Waals surface area contributed by atoms with E-state index in [2.05, 4.69) is 10.7 Å². The van der Waals surface area contributed by atoms with E-state index in [-0.39, 0.29) is 29.3 Å². The minimum absolute atomic E-state index is 0.113. The van der Waals surface area contributed by atoms with Gasteiger partial charge in [0, 0.05) is 22.7 Å². The van der Waals surface area contributed by atoms with E-state index in [0.717, 1.165) is 5.01 Å². The summed E-state index contributed by atoms with van der Waals surface area (Å²) in [7, 11) is 0. The van der Waals surface area contributed by atoms with E-state index in [4.69, 9.17) is 27.9 Å². The van der Waals surface area contributed by atoms with Crippen molar-refractivity contribution in [3.8, 4) is 0 Å². The van der Waals surface area contributed by atoms with Gasteiger partial charge >= 0.3 is 5.97 Å². The first-order chi connectivity index (χ1) is 15.6. The van der Waals surface area contributed by atoms with Crippen LogP contribution in [0.3, 0.4) is 0 Å². The van der Waals surface area contributed by atoms with Crippen LogP contribution in [0.1, 0.15) is 34.1 Å². The van der Waals surface area contributed by atoms with Gasteiger partial charge in [0.25, 0.3) is 11.8 Å². The Balaban J connectivity index is 1.50. The van der Waals surface area contributed by atoms with Crippen LogP contribution in [-0.4, -0.2) is 47.6 Å². The van der Waals surface area contributed by atoms with E-state index in [0.29, 0.717) is 16.3 Å². The Bertz CT molecular complexity index is 1140. The summed E-state index contributed by atoms with van der Waals surface area (Å²) < 4.78 is 5.01. The second-order valence-electron chi connectivity index (χ2n) is 7.26. The van der Waals surface area contributed by atoms with Crippen molar-refractivity contribution in [1.82, 2.24) is 10.4 Å². The number of esters is 1. The summed E-state index contributed by atoms with van der Waals surface area (Å²) in [4.78, 5) is 60.4. The lowest BCUT2D eigenvalue weighted by Gasteiger charge is -2.18. The van der Waals surface area contributed by atoms with Gasteiger partial charge in [-0.3, -0.25) is 34.4 Å². The van der Waals surface area contributed by atoms with Crippen molar-refractivity contribution in [2.45, 2.75) is 13.3 Å². The van der Waals surface area contributed by atoms with E-state index in [9.17, 15) is 24.0 Å². The third-order valence-corrected chi connectivity index (χ3v) is 5.32. The number of rotatable bonds is 7. The Kier molecular flexibility index (Phi) is 7.67. The molecule has 3 rings (SSSR count). The number of amides is 3. The van der Waals surface area contributed by atoms with Crippen LogP contribution < -0.4 is 10.7 Å². The van der Waals surface area contributed by atoms with Crippen molar-refractivity contribution in [1.29, 1.82) is 0 Å². The van der Waals surface area contributed by atoms with Crippen molar-refractivity contribution >= 4 is 58.4 Å². The number of hydrogen-bond acceptors (Lipinski definition) is 6. The Morgan fingerprint density at radius 1 is 1.12 bits per heavy atom. The van der Waals surface area contributed by atoms with Gasteiger partial charge in [0.1, 0.15) is 0 Å². The number of benzene rings is 2. The highest BCUT2D eigenvalue weighted by Crippen LogP contribution is 2.22. The molecule has 0 spiro atoms. The van der Waals surface area contributed by atoms with Crippen molar-refractivity contribution in [3.05, 3.63) is 63.6 Å². The highest BCUT2D eigenvalue weighted by Gasteiger charge is 2.37. The van der Waals surface area contributed by atoms with Gasteiger partial charge in [0.15, 0.2) is 12.4 Å². The smallest absolute Gasteiger partial charge is 0.311 e. The molecular weight excluding hydrogens is 473 g/mol. The van der Waals surface area contributed by atoms with Gasteiger partial charge in [-0.2, -0.15) is 0 Å². The summed E-state index contributed by atoms with van der Waals surface area (Å²) in [5.74, 6) is -3.48. The maximum absolute atomic E-state index is 12.4. The zero-order valence-electron chi connectivity index (χ0n) is 17.4. The lowest BCUT2D eigenvalue weighted by Crippen LogP contribution is -2.43. The number of hydrazine groups is 1. The van der Waals surface area contributed by atoms with Gasteiger partial charge in [0.2, 0.25) is 5.91 Å². The Morgan fingerprint density at radius 3 is 2.58 bits per heavy atom. The Morgan fingerprint density at radius 2 is 1.88 bits per heavy atom. The van der Waals surface area contributed by atoms with Crippen molar-refractivity contribution in [2.75, 3.05) is 18.5 Å². The Hall–Kier alpha value is -3.43. The number of halogens is 2. The SMILES string of the molecule is CC(=O)c1cccc(NC(=O)COC(=O)[C@@H]2CC(=O)N(NC(=O)c3ccc(Cl)cc3Cl)C2)c1. The largest absolute Gasteiger partial charge is 0.455 e. The van der Waals surface area contributed by atoms with Gasteiger partial charge in [0.05, 0.1) is 23.0 Å². The second kappa shape index (κ2) is 10.5. The molecule has 0 bridgehead atoms. The van der Waals surface area contributed by atoms with Crippen LogP contribution in [0.25, 0.3) is 0 Å². The molecule has 2 aromatic rings. The summed E-state index contributed by atoms with van der Waals surface area (Å²) in [5.41, 5.74) is 3.33. The average Bonchev–Trinajstić information content (AvgIpc) is 3.12. The topological polar surface area (TPSA) is 122 Å². The lowest BCUT2D eigenvalue weighted by atomic mass is 10.1. The number of ketones is 1. The zero-order chi connectivity index (χ0) is 24.1. The fraction of sp³-hybridized carbons (Fsp3) is 0.227. The molecule has 1 heterocycles. The van der Waals surface area contributed by atoms with E-state index < -0.39 is 36.2 Å². The molecule has 1 fully saturated rings. The van der Waals surface area contributed by atoms with Crippen LogP contribution in [0.5, 0.6) is 0 Å². The first kappa shape index (κ1) is 24.2. The molecule has 9 nitrogen and oxygen atoms in total. The van der Waals surface area contributed by atoms with Crippen molar-refractivity contribution < 1.29 is 28.7 Å². The van der Waals surface area contributed by atoms with Gasteiger partial charge in [-0.1, -0.05) is 35.3 Å². The maximum Gasteiger partial charge on any atom is 0.311 e. The summed E-state index contributed by atoms with van der Waals surface area (Å²) in [6, 6.07) is 10.6. The van der Waals surface area contributed by atoms with Crippen LogP contribution in [0, 0.1) is 5.92 Å². The van der Waals surface area contributed by atoms with E-state index >= 15 is 0 Å². The number of nitrogens with one attached hydrogen (secondary N) is 2. The van der Waals surface area contributed by atoms with Crippen molar-refractivity contribution in [3.63, 3.8) is 0 Å². The molecule has 0 unspecified atom stereocenters. The average molecular weight is 492 g/mol. The minimum Gasteiger partial charge on any atom is -0.455 e. The maximum atomic E-state index is 12.4. The Labute approximate surface area is 198 Å². The monoisotopic (exact) mass is 491 g/mol. The lowest BCUT2D eigenvalue weighted by molar-refractivity contribution is -0.151. The number of carbonyl (C=O) groups is 5. The van der Waals surface area contributed by atoms with Crippen LogP contribution in [-0.2, 0) is 19.1 Å². The van der Waals surface area contributed by atoms with E-state index in [1.165, 1.54) is 31.2 Å². The predicted octanol–water partition coefficient (Wildman–Crippen LogP) is 2.87. The molecule has 3 amide bonds. The molecule has 0 aliphatic carbocycles. The highest BCUT2D eigenvalue weighted by atomic mass is 35.5. The van der Waals surface area contributed by atoms with Crippen LogP contribution in [0.2, 0.25) is 10.0 Å².